The third-order valence-electron chi connectivity index (χ3n) is 4.20. The van der Waals surface area contributed by atoms with E-state index in [-0.39, 0.29) is 17.9 Å². The van der Waals surface area contributed by atoms with E-state index in [1.165, 1.54) is 6.07 Å². The van der Waals surface area contributed by atoms with E-state index in [1.807, 2.05) is 43.3 Å². The van der Waals surface area contributed by atoms with Gasteiger partial charge in [0.15, 0.2) is 0 Å². The van der Waals surface area contributed by atoms with Crippen molar-refractivity contribution in [2.24, 2.45) is 0 Å². The van der Waals surface area contributed by atoms with Gasteiger partial charge in [0.05, 0.1) is 18.3 Å². The van der Waals surface area contributed by atoms with Crippen LogP contribution in [0, 0.1) is 5.82 Å². The molecule has 1 aliphatic rings. The van der Waals surface area contributed by atoms with Crippen molar-refractivity contribution in [3.05, 3.63) is 59.0 Å². The Morgan fingerprint density at radius 3 is 2.88 bits per heavy atom. The summed E-state index contributed by atoms with van der Waals surface area (Å²) in [5, 5.41) is 5.73. The van der Waals surface area contributed by atoms with Crippen LogP contribution in [0.15, 0.2) is 36.4 Å². The first-order valence-corrected chi connectivity index (χ1v) is 7.99. The first-order valence-electron chi connectivity index (χ1n) is 7.99. The zero-order chi connectivity index (χ0) is 17.1. The maximum absolute atomic E-state index is 13.7. The molecule has 0 bridgehead atoms. The largest absolute Gasteiger partial charge is 0.363 e. The minimum absolute atomic E-state index is 0.142. The number of carbonyl (C=O) groups excluding carboxylic acids is 1. The number of pyridine rings is 1. The zero-order valence-electron chi connectivity index (χ0n) is 13.8. The predicted octanol–water partition coefficient (Wildman–Crippen LogP) is 2.77. The Morgan fingerprint density at radius 2 is 2.08 bits per heavy atom. The van der Waals surface area contributed by atoms with E-state index >= 15 is 0 Å². The van der Waals surface area contributed by atoms with Crippen LogP contribution in [0.2, 0.25) is 0 Å². The van der Waals surface area contributed by atoms with E-state index in [1.54, 1.807) is 6.07 Å². The second-order valence-corrected chi connectivity index (χ2v) is 6.11. The smallest absolute Gasteiger partial charge is 0.315 e. The number of benzene rings is 1. The zero-order valence-corrected chi connectivity index (χ0v) is 13.8. The molecule has 0 spiro atoms. The topological polar surface area (TPSA) is 57.3 Å². The Kier molecular flexibility index (Phi) is 4.64. The fourth-order valence-electron chi connectivity index (χ4n) is 2.95. The van der Waals surface area contributed by atoms with Crippen LogP contribution in [0.1, 0.15) is 29.3 Å². The van der Waals surface area contributed by atoms with Crippen molar-refractivity contribution in [2.75, 3.05) is 19.0 Å². The summed E-state index contributed by atoms with van der Waals surface area (Å²) < 4.78 is 13.7. The molecule has 1 aromatic carbocycles. The van der Waals surface area contributed by atoms with Crippen LogP contribution in [0.4, 0.5) is 15.0 Å². The number of aromatic nitrogens is 1. The Bertz CT molecular complexity index is 748. The summed E-state index contributed by atoms with van der Waals surface area (Å²) in [6.07, 6.45) is 1.37. The molecule has 2 amide bonds. The molecule has 1 aromatic heterocycles. The van der Waals surface area contributed by atoms with Crippen LogP contribution in [0.3, 0.4) is 0 Å². The molecule has 0 saturated heterocycles. The lowest BCUT2D eigenvalue weighted by Gasteiger charge is -2.16. The highest BCUT2D eigenvalue weighted by molar-refractivity contribution is 5.74. The maximum Gasteiger partial charge on any atom is 0.315 e. The molecule has 5 nitrogen and oxygen atoms in total. The first kappa shape index (κ1) is 16.2. The highest BCUT2D eigenvalue weighted by Gasteiger charge is 2.25. The van der Waals surface area contributed by atoms with Crippen LogP contribution in [0.5, 0.6) is 0 Å². The summed E-state index contributed by atoms with van der Waals surface area (Å²) in [5.74, 6) is 0.650. The number of fused-ring (bicyclic) bond motifs is 1. The van der Waals surface area contributed by atoms with Crippen LogP contribution < -0.4 is 15.5 Å². The van der Waals surface area contributed by atoms with Gasteiger partial charge >= 0.3 is 6.03 Å². The first-order chi connectivity index (χ1) is 11.5. The average molecular weight is 328 g/mol. The van der Waals surface area contributed by atoms with Crippen molar-refractivity contribution in [3.8, 4) is 0 Å². The molecular formula is C18H21FN4O. The molecule has 0 unspecified atom stereocenters. The van der Waals surface area contributed by atoms with E-state index in [2.05, 4.69) is 15.6 Å². The molecule has 0 aliphatic heterocycles. The average Bonchev–Trinajstić information content (AvgIpc) is 2.98. The molecule has 3 rings (SSSR count). The van der Waals surface area contributed by atoms with Crippen molar-refractivity contribution in [1.29, 1.82) is 0 Å². The van der Waals surface area contributed by atoms with Crippen LogP contribution in [-0.2, 0) is 13.0 Å². The summed E-state index contributed by atoms with van der Waals surface area (Å²) >= 11 is 0. The van der Waals surface area contributed by atoms with Gasteiger partial charge < -0.3 is 15.5 Å². The van der Waals surface area contributed by atoms with Gasteiger partial charge in [0.1, 0.15) is 11.6 Å². The van der Waals surface area contributed by atoms with Gasteiger partial charge in [-0.25, -0.2) is 14.2 Å². The standard InChI is InChI=1S/C18H21FN4O/c1-23(2)17-8-3-5-12(21-17)11-20-18(24)22-16-10-9-13-14(16)6-4-7-15(13)19/h3-8,16H,9-11H2,1-2H3,(H2,20,22,24)/t16-/m0/s1. The van der Waals surface area contributed by atoms with Crippen molar-refractivity contribution in [3.63, 3.8) is 0 Å². The van der Waals surface area contributed by atoms with Crippen molar-refractivity contribution >= 4 is 11.8 Å². The molecule has 1 heterocycles. The van der Waals surface area contributed by atoms with E-state index in [0.717, 1.165) is 23.5 Å². The van der Waals surface area contributed by atoms with Crippen molar-refractivity contribution < 1.29 is 9.18 Å². The lowest BCUT2D eigenvalue weighted by Crippen LogP contribution is -2.37. The molecule has 1 aliphatic carbocycles. The van der Waals surface area contributed by atoms with Gasteiger partial charge in [-0.1, -0.05) is 18.2 Å². The summed E-state index contributed by atoms with van der Waals surface area (Å²) in [6.45, 7) is 0.343. The monoisotopic (exact) mass is 328 g/mol. The molecule has 126 valence electrons. The quantitative estimate of drug-likeness (QED) is 0.907. The fourth-order valence-corrected chi connectivity index (χ4v) is 2.95. The second kappa shape index (κ2) is 6.86. The van der Waals surface area contributed by atoms with Gasteiger partial charge in [-0.2, -0.15) is 0 Å². The molecule has 24 heavy (non-hydrogen) atoms. The Morgan fingerprint density at radius 1 is 1.29 bits per heavy atom. The third-order valence-corrected chi connectivity index (χ3v) is 4.20. The van der Waals surface area contributed by atoms with Gasteiger partial charge in [0, 0.05) is 14.1 Å². The number of rotatable bonds is 4. The number of urea groups is 1. The number of nitrogens with zero attached hydrogens (tertiary/aromatic N) is 2. The number of nitrogens with one attached hydrogen (secondary N) is 2. The normalized spacial score (nSPS) is 15.7. The maximum atomic E-state index is 13.7. The predicted molar refractivity (Wildman–Crippen MR) is 91.4 cm³/mol. The lowest BCUT2D eigenvalue weighted by atomic mass is 10.1. The number of amides is 2. The number of anilines is 1. The summed E-state index contributed by atoms with van der Waals surface area (Å²) in [7, 11) is 3.84. The number of halogens is 1. The van der Waals surface area contributed by atoms with E-state index in [0.29, 0.717) is 18.5 Å². The van der Waals surface area contributed by atoms with Gasteiger partial charge in [-0.15, -0.1) is 0 Å². The Labute approximate surface area is 140 Å². The van der Waals surface area contributed by atoms with Crippen LogP contribution in [0.25, 0.3) is 0 Å². The molecule has 2 N–H and O–H groups in total. The minimum atomic E-state index is -0.269. The van der Waals surface area contributed by atoms with Crippen molar-refractivity contribution in [2.45, 2.75) is 25.4 Å². The number of hydrogen-bond acceptors (Lipinski definition) is 3. The highest BCUT2D eigenvalue weighted by Crippen LogP contribution is 2.32. The molecule has 1 atom stereocenters. The Hall–Kier alpha value is -2.63. The van der Waals surface area contributed by atoms with Gasteiger partial charge in [-0.3, -0.25) is 0 Å². The molecule has 2 aromatic rings. The second-order valence-electron chi connectivity index (χ2n) is 6.11. The van der Waals surface area contributed by atoms with E-state index < -0.39 is 0 Å². The van der Waals surface area contributed by atoms with Crippen LogP contribution >= 0.6 is 0 Å². The van der Waals surface area contributed by atoms with Crippen LogP contribution in [-0.4, -0.2) is 25.1 Å². The fraction of sp³-hybridized carbons (Fsp3) is 0.333. The number of carbonyl (C=O) groups is 1. The minimum Gasteiger partial charge on any atom is -0.363 e. The lowest BCUT2D eigenvalue weighted by molar-refractivity contribution is 0.236. The summed E-state index contributed by atoms with van der Waals surface area (Å²) in [5.41, 5.74) is 2.37. The van der Waals surface area contributed by atoms with Gasteiger partial charge in [0.25, 0.3) is 0 Å². The SMILES string of the molecule is CN(C)c1cccc(CNC(=O)N[C@H]2CCc3c(F)cccc32)n1. The van der Waals surface area contributed by atoms with Crippen molar-refractivity contribution in [1.82, 2.24) is 15.6 Å². The molecular weight excluding hydrogens is 307 g/mol. The van der Waals surface area contributed by atoms with Gasteiger partial charge in [-0.05, 0) is 42.2 Å². The molecule has 0 fully saturated rings. The Balaban J connectivity index is 1.58. The van der Waals surface area contributed by atoms with E-state index in [4.69, 9.17) is 0 Å². The highest BCUT2D eigenvalue weighted by atomic mass is 19.1. The third kappa shape index (κ3) is 3.48. The molecule has 0 radical (unpaired) electrons. The summed E-state index contributed by atoms with van der Waals surface area (Å²) in [6, 6.07) is 10.3. The molecule has 6 heteroatoms. The summed E-state index contributed by atoms with van der Waals surface area (Å²) in [4.78, 5) is 18.5. The number of hydrogen-bond donors (Lipinski definition) is 2. The van der Waals surface area contributed by atoms with Gasteiger partial charge in [0.2, 0.25) is 0 Å². The molecule has 0 saturated carbocycles. The van der Waals surface area contributed by atoms with E-state index in [9.17, 15) is 9.18 Å².